The van der Waals surface area contributed by atoms with Crippen LogP contribution in [0.2, 0.25) is 0 Å². The summed E-state index contributed by atoms with van der Waals surface area (Å²) in [4.78, 5) is 21.3. The standard InChI is InChI=1S/C21H25N5O3/c1-5-28-19-9-15-8-12(2)29-18(15)10-17(19)25-20(27)7-6-16-13(3)24-21-22-11-23-26(21)14(16)4/h9-12H,5-8H2,1-4H3,(H,25,27)/t12-/m1/s1. The molecule has 1 N–H and O–H groups in total. The second-order valence-electron chi connectivity index (χ2n) is 7.30. The topological polar surface area (TPSA) is 90.6 Å². The Morgan fingerprint density at radius 1 is 1.38 bits per heavy atom. The van der Waals surface area contributed by atoms with Crippen LogP contribution in [0.5, 0.6) is 11.5 Å². The molecule has 1 aromatic carbocycles. The maximum absolute atomic E-state index is 12.7. The molecule has 4 rings (SSSR count). The molecular weight excluding hydrogens is 370 g/mol. The van der Waals surface area contributed by atoms with Crippen molar-refractivity contribution in [1.82, 2.24) is 19.6 Å². The van der Waals surface area contributed by atoms with Gasteiger partial charge in [0.2, 0.25) is 5.91 Å². The van der Waals surface area contributed by atoms with Crippen LogP contribution in [0.25, 0.3) is 5.78 Å². The summed E-state index contributed by atoms with van der Waals surface area (Å²) in [6.45, 7) is 8.39. The van der Waals surface area contributed by atoms with E-state index in [-0.39, 0.29) is 12.0 Å². The van der Waals surface area contributed by atoms with Gasteiger partial charge in [0.25, 0.3) is 5.78 Å². The first-order chi connectivity index (χ1) is 14.0. The van der Waals surface area contributed by atoms with Gasteiger partial charge in [-0.05, 0) is 45.7 Å². The SMILES string of the molecule is CCOc1cc2c(cc1NC(=O)CCc1c(C)nc3ncnn3c1C)O[C@H](C)C2. The number of hydrogen-bond acceptors (Lipinski definition) is 6. The average molecular weight is 395 g/mol. The highest BCUT2D eigenvalue weighted by Crippen LogP contribution is 2.38. The van der Waals surface area contributed by atoms with Crippen LogP contribution in [0.4, 0.5) is 5.69 Å². The monoisotopic (exact) mass is 395 g/mol. The molecule has 0 radical (unpaired) electrons. The van der Waals surface area contributed by atoms with Gasteiger partial charge < -0.3 is 14.8 Å². The van der Waals surface area contributed by atoms with Crippen LogP contribution in [0.15, 0.2) is 18.5 Å². The zero-order chi connectivity index (χ0) is 20.5. The Kier molecular flexibility index (Phi) is 5.08. The Morgan fingerprint density at radius 2 is 2.21 bits per heavy atom. The third-order valence-electron chi connectivity index (χ3n) is 5.16. The van der Waals surface area contributed by atoms with Gasteiger partial charge in [-0.15, -0.1) is 0 Å². The lowest BCUT2D eigenvalue weighted by atomic mass is 10.1. The summed E-state index contributed by atoms with van der Waals surface area (Å²) in [5.41, 5.74) is 4.58. The van der Waals surface area contributed by atoms with Gasteiger partial charge in [-0.3, -0.25) is 4.79 Å². The van der Waals surface area contributed by atoms with E-state index in [1.807, 2.05) is 39.8 Å². The fourth-order valence-corrected chi connectivity index (χ4v) is 3.78. The summed E-state index contributed by atoms with van der Waals surface area (Å²) < 4.78 is 13.3. The first-order valence-electron chi connectivity index (χ1n) is 9.88. The van der Waals surface area contributed by atoms with Crippen LogP contribution in [0.3, 0.4) is 0 Å². The smallest absolute Gasteiger partial charge is 0.252 e. The van der Waals surface area contributed by atoms with Crippen molar-refractivity contribution in [3.05, 3.63) is 41.0 Å². The fourth-order valence-electron chi connectivity index (χ4n) is 3.78. The molecule has 1 aliphatic heterocycles. The quantitative estimate of drug-likeness (QED) is 0.690. The van der Waals surface area contributed by atoms with E-state index in [0.717, 1.165) is 34.7 Å². The fraction of sp³-hybridized carbons (Fsp3) is 0.429. The molecule has 152 valence electrons. The van der Waals surface area contributed by atoms with Gasteiger partial charge in [-0.1, -0.05) is 0 Å². The third-order valence-corrected chi connectivity index (χ3v) is 5.16. The van der Waals surface area contributed by atoms with E-state index >= 15 is 0 Å². The number of fused-ring (bicyclic) bond motifs is 2. The van der Waals surface area contributed by atoms with Gasteiger partial charge >= 0.3 is 0 Å². The normalized spacial score (nSPS) is 15.2. The predicted molar refractivity (Wildman–Crippen MR) is 109 cm³/mol. The molecule has 2 aromatic heterocycles. The van der Waals surface area contributed by atoms with Crippen LogP contribution in [-0.2, 0) is 17.6 Å². The first-order valence-corrected chi connectivity index (χ1v) is 9.88. The minimum atomic E-state index is -0.0885. The van der Waals surface area contributed by atoms with E-state index < -0.39 is 0 Å². The molecule has 3 heterocycles. The van der Waals surface area contributed by atoms with Crippen molar-refractivity contribution in [3.63, 3.8) is 0 Å². The van der Waals surface area contributed by atoms with Gasteiger partial charge in [0.15, 0.2) is 0 Å². The molecule has 0 bridgehead atoms. The number of amides is 1. The van der Waals surface area contributed by atoms with Crippen molar-refractivity contribution in [1.29, 1.82) is 0 Å². The number of nitrogens with one attached hydrogen (secondary N) is 1. The number of carbonyl (C=O) groups is 1. The highest BCUT2D eigenvalue weighted by Gasteiger charge is 2.22. The van der Waals surface area contributed by atoms with Gasteiger partial charge in [-0.2, -0.15) is 10.1 Å². The number of aromatic nitrogens is 4. The van der Waals surface area contributed by atoms with Crippen LogP contribution in [0, 0.1) is 13.8 Å². The lowest BCUT2D eigenvalue weighted by Crippen LogP contribution is -2.15. The summed E-state index contributed by atoms with van der Waals surface area (Å²) in [6, 6.07) is 3.83. The number of aryl methyl sites for hydroxylation is 2. The lowest BCUT2D eigenvalue weighted by molar-refractivity contribution is -0.116. The van der Waals surface area contributed by atoms with E-state index in [0.29, 0.717) is 36.7 Å². The summed E-state index contributed by atoms with van der Waals surface area (Å²) in [7, 11) is 0. The van der Waals surface area contributed by atoms with E-state index in [9.17, 15) is 4.79 Å². The van der Waals surface area contributed by atoms with Crippen LogP contribution < -0.4 is 14.8 Å². The number of rotatable bonds is 6. The highest BCUT2D eigenvalue weighted by molar-refractivity contribution is 5.93. The second-order valence-corrected chi connectivity index (χ2v) is 7.30. The zero-order valence-corrected chi connectivity index (χ0v) is 17.2. The van der Waals surface area contributed by atoms with E-state index in [1.165, 1.54) is 6.33 Å². The molecule has 0 saturated heterocycles. The van der Waals surface area contributed by atoms with E-state index in [4.69, 9.17) is 9.47 Å². The predicted octanol–water partition coefficient (Wildman–Crippen LogP) is 3.03. The van der Waals surface area contributed by atoms with Crippen molar-refractivity contribution >= 4 is 17.4 Å². The minimum Gasteiger partial charge on any atom is -0.492 e. The number of nitrogens with zero attached hydrogens (tertiary/aromatic N) is 4. The van der Waals surface area contributed by atoms with Crippen LogP contribution >= 0.6 is 0 Å². The van der Waals surface area contributed by atoms with Gasteiger partial charge in [-0.25, -0.2) is 9.50 Å². The first kappa shape index (κ1) is 19.2. The number of hydrogen-bond donors (Lipinski definition) is 1. The van der Waals surface area contributed by atoms with E-state index in [1.54, 1.807) is 4.52 Å². The Morgan fingerprint density at radius 3 is 3.00 bits per heavy atom. The van der Waals surface area contributed by atoms with Gasteiger partial charge in [0.05, 0.1) is 12.3 Å². The maximum Gasteiger partial charge on any atom is 0.252 e. The van der Waals surface area contributed by atoms with Crippen LogP contribution in [-0.4, -0.2) is 38.2 Å². The molecule has 8 nitrogen and oxygen atoms in total. The van der Waals surface area contributed by atoms with Crippen LogP contribution in [0.1, 0.15) is 42.8 Å². The minimum absolute atomic E-state index is 0.0885. The molecular formula is C21H25N5O3. The molecule has 8 heteroatoms. The summed E-state index contributed by atoms with van der Waals surface area (Å²) in [6.07, 6.45) is 3.35. The van der Waals surface area contributed by atoms with Crippen molar-refractivity contribution in [3.8, 4) is 11.5 Å². The molecule has 0 fully saturated rings. The average Bonchev–Trinajstić information content (AvgIpc) is 3.27. The summed E-state index contributed by atoms with van der Waals surface area (Å²) >= 11 is 0. The van der Waals surface area contributed by atoms with Crippen molar-refractivity contribution in [2.45, 2.75) is 53.1 Å². The number of anilines is 1. The van der Waals surface area contributed by atoms with Gasteiger partial charge in [0.1, 0.15) is 23.9 Å². The Labute approximate surface area is 169 Å². The molecule has 29 heavy (non-hydrogen) atoms. The number of benzene rings is 1. The molecule has 0 aliphatic carbocycles. The Balaban J connectivity index is 1.50. The number of carbonyl (C=O) groups excluding carboxylic acids is 1. The second kappa shape index (κ2) is 7.69. The van der Waals surface area contributed by atoms with Crippen molar-refractivity contribution in [2.75, 3.05) is 11.9 Å². The third kappa shape index (κ3) is 3.74. The molecule has 1 amide bonds. The van der Waals surface area contributed by atoms with Gasteiger partial charge in [0, 0.05) is 35.9 Å². The Hall–Kier alpha value is -3.16. The summed E-state index contributed by atoms with van der Waals surface area (Å²) in [5, 5.41) is 7.18. The molecule has 1 atom stereocenters. The summed E-state index contributed by atoms with van der Waals surface area (Å²) in [5.74, 6) is 1.97. The number of ether oxygens (including phenoxy) is 2. The lowest BCUT2D eigenvalue weighted by Gasteiger charge is -2.14. The molecule has 0 spiro atoms. The Bertz CT molecular complexity index is 1080. The highest BCUT2D eigenvalue weighted by atomic mass is 16.5. The van der Waals surface area contributed by atoms with E-state index in [2.05, 4.69) is 20.4 Å². The molecule has 0 unspecified atom stereocenters. The zero-order valence-electron chi connectivity index (χ0n) is 17.2. The van der Waals surface area contributed by atoms with Crippen molar-refractivity contribution in [2.24, 2.45) is 0 Å². The molecule has 0 saturated carbocycles. The molecule has 3 aromatic rings. The largest absolute Gasteiger partial charge is 0.492 e. The van der Waals surface area contributed by atoms with Crippen molar-refractivity contribution < 1.29 is 14.3 Å². The maximum atomic E-state index is 12.7. The molecule has 1 aliphatic rings.